The van der Waals surface area contributed by atoms with Crippen molar-refractivity contribution in [3.05, 3.63) is 0 Å². The third-order valence-corrected chi connectivity index (χ3v) is 1.29. The fourth-order valence-corrected chi connectivity index (χ4v) is 0.897. The lowest BCUT2D eigenvalue weighted by atomic mass is 10.6. The molecule has 0 rings (SSSR count). The number of hydrogen-bond acceptors (Lipinski definition) is 3. The van der Waals surface area contributed by atoms with E-state index in [1.54, 1.807) is 0 Å². The van der Waals surface area contributed by atoms with Crippen molar-refractivity contribution in [2.24, 2.45) is 0 Å². The molecule has 0 spiro atoms. The summed E-state index contributed by atoms with van der Waals surface area (Å²) in [5, 5.41) is 3.13. The summed E-state index contributed by atoms with van der Waals surface area (Å²) in [6.07, 6.45) is -0.0457. The minimum Gasteiger partial charge on any atom is -0.353 e. The van der Waals surface area contributed by atoms with Crippen LogP contribution in [0, 0.1) is 0 Å². The lowest BCUT2D eigenvalue weighted by Gasteiger charge is -2.18. The van der Waals surface area contributed by atoms with E-state index in [4.69, 9.17) is 9.47 Å². The van der Waals surface area contributed by atoms with Crippen LogP contribution in [0.25, 0.3) is 0 Å². The number of ether oxygens (including phenoxy) is 2. The van der Waals surface area contributed by atoms with E-state index in [1.807, 2.05) is 27.7 Å². The Kier molecular flexibility index (Phi) is 6.51. The average molecular weight is 161 g/mol. The zero-order valence-corrected chi connectivity index (χ0v) is 7.89. The van der Waals surface area contributed by atoms with Crippen LogP contribution in [0.4, 0.5) is 0 Å². The van der Waals surface area contributed by atoms with Gasteiger partial charge in [-0.1, -0.05) is 6.92 Å². The highest BCUT2D eigenvalue weighted by molar-refractivity contribution is 4.44. The Morgan fingerprint density at radius 3 is 2.36 bits per heavy atom. The maximum atomic E-state index is 5.40. The standard InChI is InChI=1S/C8H19NO2/c1-5-9-7(3)11-8(4)10-6-2/h7-9H,5-6H2,1-4H3. The topological polar surface area (TPSA) is 30.5 Å². The number of rotatable bonds is 6. The van der Waals surface area contributed by atoms with E-state index >= 15 is 0 Å². The van der Waals surface area contributed by atoms with Gasteiger partial charge in [0, 0.05) is 6.61 Å². The molecule has 0 aliphatic heterocycles. The molecular formula is C8H19NO2. The average Bonchev–Trinajstić information content (AvgIpc) is 1.87. The zero-order valence-electron chi connectivity index (χ0n) is 7.89. The Morgan fingerprint density at radius 1 is 1.27 bits per heavy atom. The van der Waals surface area contributed by atoms with Gasteiger partial charge in [0.2, 0.25) is 0 Å². The van der Waals surface area contributed by atoms with E-state index in [1.165, 1.54) is 0 Å². The first kappa shape index (κ1) is 10.9. The van der Waals surface area contributed by atoms with E-state index in [0.29, 0.717) is 6.61 Å². The fraction of sp³-hybridized carbons (Fsp3) is 1.00. The Hall–Kier alpha value is -0.120. The molecular weight excluding hydrogens is 142 g/mol. The fourth-order valence-electron chi connectivity index (χ4n) is 0.897. The van der Waals surface area contributed by atoms with E-state index in [9.17, 15) is 0 Å². The van der Waals surface area contributed by atoms with Crippen LogP contribution in [-0.2, 0) is 9.47 Å². The molecule has 0 bridgehead atoms. The van der Waals surface area contributed by atoms with Crippen molar-refractivity contribution in [2.45, 2.75) is 40.2 Å². The van der Waals surface area contributed by atoms with Crippen LogP contribution in [-0.4, -0.2) is 25.7 Å². The zero-order chi connectivity index (χ0) is 8.69. The molecule has 0 aliphatic rings. The molecule has 11 heavy (non-hydrogen) atoms. The van der Waals surface area contributed by atoms with Crippen LogP contribution in [0.3, 0.4) is 0 Å². The molecule has 2 unspecified atom stereocenters. The third-order valence-electron chi connectivity index (χ3n) is 1.29. The van der Waals surface area contributed by atoms with Gasteiger partial charge in [-0.15, -0.1) is 0 Å². The van der Waals surface area contributed by atoms with Gasteiger partial charge in [0.1, 0.15) is 6.23 Å². The van der Waals surface area contributed by atoms with Gasteiger partial charge < -0.3 is 9.47 Å². The quantitative estimate of drug-likeness (QED) is 0.596. The van der Waals surface area contributed by atoms with Crippen LogP contribution in [0.2, 0.25) is 0 Å². The lowest BCUT2D eigenvalue weighted by molar-refractivity contribution is -0.159. The van der Waals surface area contributed by atoms with Crippen molar-refractivity contribution in [2.75, 3.05) is 13.2 Å². The molecule has 3 nitrogen and oxygen atoms in total. The van der Waals surface area contributed by atoms with Crippen molar-refractivity contribution in [3.63, 3.8) is 0 Å². The van der Waals surface area contributed by atoms with Crippen LogP contribution in [0.5, 0.6) is 0 Å². The van der Waals surface area contributed by atoms with Gasteiger partial charge in [-0.2, -0.15) is 0 Å². The normalized spacial score (nSPS) is 16.4. The molecule has 0 heterocycles. The van der Waals surface area contributed by atoms with Gasteiger partial charge in [-0.05, 0) is 27.3 Å². The number of nitrogens with one attached hydrogen (secondary N) is 1. The summed E-state index contributed by atoms with van der Waals surface area (Å²) in [6.45, 7) is 9.49. The maximum absolute atomic E-state index is 5.40. The van der Waals surface area contributed by atoms with Crippen molar-refractivity contribution in [3.8, 4) is 0 Å². The summed E-state index contributed by atoms with van der Waals surface area (Å²) < 4.78 is 10.6. The highest BCUT2D eigenvalue weighted by Gasteiger charge is 2.05. The molecule has 0 aliphatic carbocycles. The second kappa shape index (κ2) is 6.58. The first-order valence-corrected chi connectivity index (χ1v) is 4.21. The second-order valence-electron chi connectivity index (χ2n) is 2.36. The van der Waals surface area contributed by atoms with E-state index in [0.717, 1.165) is 6.54 Å². The van der Waals surface area contributed by atoms with Gasteiger partial charge in [0.25, 0.3) is 0 Å². The van der Waals surface area contributed by atoms with Crippen LogP contribution in [0.15, 0.2) is 0 Å². The lowest BCUT2D eigenvalue weighted by Crippen LogP contribution is -2.32. The van der Waals surface area contributed by atoms with Gasteiger partial charge in [0.15, 0.2) is 6.29 Å². The van der Waals surface area contributed by atoms with Crippen molar-refractivity contribution in [1.82, 2.24) is 5.32 Å². The summed E-state index contributed by atoms with van der Waals surface area (Å²) in [4.78, 5) is 0. The minimum absolute atomic E-state index is 0.0709. The smallest absolute Gasteiger partial charge is 0.156 e. The summed E-state index contributed by atoms with van der Waals surface area (Å²) in [5.74, 6) is 0. The van der Waals surface area contributed by atoms with E-state index in [-0.39, 0.29) is 12.5 Å². The molecule has 0 fully saturated rings. The monoisotopic (exact) mass is 161 g/mol. The predicted octanol–water partition coefficient (Wildman–Crippen LogP) is 1.34. The predicted molar refractivity (Wildman–Crippen MR) is 45.3 cm³/mol. The molecule has 0 aromatic rings. The largest absolute Gasteiger partial charge is 0.353 e. The maximum Gasteiger partial charge on any atom is 0.156 e. The SMILES string of the molecule is CCNC(C)OC(C)OCC. The molecule has 0 saturated heterocycles. The van der Waals surface area contributed by atoms with Crippen LogP contribution in [0.1, 0.15) is 27.7 Å². The molecule has 0 amide bonds. The highest BCUT2D eigenvalue weighted by Crippen LogP contribution is 1.96. The summed E-state index contributed by atoms with van der Waals surface area (Å²) in [6, 6.07) is 0. The molecule has 68 valence electrons. The third kappa shape index (κ3) is 6.28. The van der Waals surface area contributed by atoms with E-state index < -0.39 is 0 Å². The molecule has 0 saturated carbocycles. The van der Waals surface area contributed by atoms with Crippen molar-refractivity contribution < 1.29 is 9.47 Å². The Labute approximate surface area is 69.1 Å². The summed E-state index contributed by atoms with van der Waals surface area (Å²) in [7, 11) is 0. The minimum atomic E-state index is -0.117. The first-order valence-electron chi connectivity index (χ1n) is 4.21. The van der Waals surface area contributed by atoms with Gasteiger partial charge >= 0.3 is 0 Å². The second-order valence-corrected chi connectivity index (χ2v) is 2.36. The molecule has 0 radical (unpaired) electrons. The molecule has 0 aromatic carbocycles. The Morgan fingerprint density at radius 2 is 1.91 bits per heavy atom. The Balaban J connectivity index is 3.32. The Bertz CT molecular complexity index is 78.2. The molecule has 2 atom stereocenters. The van der Waals surface area contributed by atoms with Gasteiger partial charge in [-0.25, -0.2) is 0 Å². The molecule has 1 N–H and O–H groups in total. The van der Waals surface area contributed by atoms with Crippen molar-refractivity contribution >= 4 is 0 Å². The molecule has 0 aromatic heterocycles. The molecule has 3 heteroatoms. The summed E-state index contributed by atoms with van der Waals surface area (Å²) in [5.41, 5.74) is 0. The van der Waals surface area contributed by atoms with Gasteiger partial charge in [0.05, 0.1) is 0 Å². The number of hydrogen-bond donors (Lipinski definition) is 1. The van der Waals surface area contributed by atoms with Gasteiger partial charge in [-0.3, -0.25) is 5.32 Å². The van der Waals surface area contributed by atoms with Crippen molar-refractivity contribution in [1.29, 1.82) is 0 Å². The highest BCUT2D eigenvalue weighted by atomic mass is 16.7. The summed E-state index contributed by atoms with van der Waals surface area (Å²) >= 11 is 0. The van der Waals surface area contributed by atoms with Crippen LogP contribution < -0.4 is 5.32 Å². The first-order chi connectivity index (χ1) is 5.20. The van der Waals surface area contributed by atoms with Crippen LogP contribution >= 0.6 is 0 Å². The van der Waals surface area contributed by atoms with E-state index in [2.05, 4.69) is 5.32 Å².